The molecule has 2 nitrogen and oxygen atoms in total. The molecule has 0 aliphatic heterocycles. The molecule has 2 aromatic carbocycles. The smallest absolute Gasteiger partial charge is 0.125 e. The summed E-state index contributed by atoms with van der Waals surface area (Å²) in [6, 6.07) is 15.2. The lowest BCUT2D eigenvalue weighted by Gasteiger charge is -2.16. The molecule has 0 spiro atoms. The molecule has 2 rings (SSSR count). The highest BCUT2D eigenvalue weighted by atomic mass is 79.9. The van der Waals surface area contributed by atoms with Gasteiger partial charge in [0.2, 0.25) is 0 Å². The number of para-hydroxylation sites is 1. The molecule has 0 heterocycles. The molecule has 0 amide bonds. The number of hydrogen-bond acceptors (Lipinski definition) is 2. The number of rotatable bonds is 4. The number of halogens is 1. The van der Waals surface area contributed by atoms with Crippen molar-refractivity contribution in [3.63, 3.8) is 0 Å². The lowest BCUT2D eigenvalue weighted by Crippen LogP contribution is -2.03. The standard InChI is InChI=1S/C15H15BrO2/c1-2-18-14-6-4-3-5-13(14)15(17)11-7-9-12(16)10-8-11/h3-10,15,17H,2H2,1H3. The van der Waals surface area contributed by atoms with Crippen molar-refractivity contribution in [1.82, 2.24) is 0 Å². The molecule has 2 aromatic rings. The SMILES string of the molecule is CCOc1ccccc1C(O)c1ccc(Br)cc1. The van der Waals surface area contributed by atoms with E-state index in [0.717, 1.165) is 21.3 Å². The van der Waals surface area contributed by atoms with E-state index in [1.807, 2.05) is 55.5 Å². The van der Waals surface area contributed by atoms with E-state index < -0.39 is 6.10 Å². The first-order valence-corrected chi connectivity index (χ1v) is 6.67. The topological polar surface area (TPSA) is 29.5 Å². The summed E-state index contributed by atoms with van der Waals surface area (Å²) in [5.74, 6) is 0.732. The summed E-state index contributed by atoms with van der Waals surface area (Å²) in [6.45, 7) is 2.52. The zero-order chi connectivity index (χ0) is 13.0. The molecule has 94 valence electrons. The van der Waals surface area contributed by atoms with Gasteiger partial charge in [0.25, 0.3) is 0 Å². The first kappa shape index (κ1) is 13.1. The van der Waals surface area contributed by atoms with Gasteiger partial charge in [0.15, 0.2) is 0 Å². The maximum atomic E-state index is 10.4. The fraction of sp³-hybridized carbons (Fsp3) is 0.200. The molecule has 1 atom stereocenters. The highest BCUT2D eigenvalue weighted by Gasteiger charge is 2.14. The van der Waals surface area contributed by atoms with Crippen LogP contribution in [-0.4, -0.2) is 11.7 Å². The van der Waals surface area contributed by atoms with Gasteiger partial charge < -0.3 is 9.84 Å². The molecule has 1 N–H and O–H groups in total. The second-order valence-corrected chi connectivity index (χ2v) is 4.84. The monoisotopic (exact) mass is 306 g/mol. The lowest BCUT2D eigenvalue weighted by atomic mass is 10.0. The minimum absolute atomic E-state index is 0.587. The van der Waals surface area contributed by atoms with E-state index in [-0.39, 0.29) is 0 Å². The van der Waals surface area contributed by atoms with Crippen LogP contribution in [0.5, 0.6) is 5.75 Å². The average Bonchev–Trinajstić information content (AvgIpc) is 2.40. The minimum atomic E-state index is -0.666. The Bertz CT molecular complexity index is 508. The number of benzene rings is 2. The maximum Gasteiger partial charge on any atom is 0.125 e. The van der Waals surface area contributed by atoms with Crippen molar-refractivity contribution >= 4 is 15.9 Å². The summed E-state index contributed by atoms with van der Waals surface area (Å²) in [6.07, 6.45) is -0.666. The van der Waals surface area contributed by atoms with Crippen LogP contribution < -0.4 is 4.74 Å². The van der Waals surface area contributed by atoms with Crippen molar-refractivity contribution in [3.8, 4) is 5.75 Å². The van der Waals surface area contributed by atoms with E-state index in [4.69, 9.17) is 4.74 Å². The molecule has 0 bridgehead atoms. The van der Waals surface area contributed by atoms with Crippen LogP contribution in [0, 0.1) is 0 Å². The van der Waals surface area contributed by atoms with Gasteiger partial charge in [0, 0.05) is 10.0 Å². The number of hydrogen-bond donors (Lipinski definition) is 1. The third kappa shape index (κ3) is 2.92. The molecule has 0 radical (unpaired) electrons. The molecule has 0 aromatic heterocycles. The Hall–Kier alpha value is -1.32. The van der Waals surface area contributed by atoms with E-state index in [2.05, 4.69) is 15.9 Å². The van der Waals surface area contributed by atoms with E-state index in [1.54, 1.807) is 0 Å². The first-order chi connectivity index (χ1) is 8.72. The highest BCUT2D eigenvalue weighted by molar-refractivity contribution is 9.10. The molecular formula is C15H15BrO2. The van der Waals surface area contributed by atoms with Gasteiger partial charge in [-0.1, -0.05) is 46.3 Å². The summed E-state index contributed by atoms with van der Waals surface area (Å²) in [7, 11) is 0. The second-order valence-electron chi connectivity index (χ2n) is 3.92. The fourth-order valence-corrected chi connectivity index (χ4v) is 2.08. The molecule has 0 aliphatic rings. The molecule has 0 saturated carbocycles. The Morgan fingerprint density at radius 1 is 1.11 bits per heavy atom. The largest absolute Gasteiger partial charge is 0.493 e. The van der Waals surface area contributed by atoms with Crippen LogP contribution in [-0.2, 0) is 0 Å². The number of ether oxygens (including phenoxy) is 1. The van der Waals surface area contributed by atoms with Crippen LogP contribution in [0.3, 0.4) is 0 Å². The summed E-state index contributed by atoms with van der Waals surface area (Å²) in [5.41, 5.74) is 1.65. The highest BCUT2D eigenvalue weighted by Crippen LogP contribution is 2.30. The van der Waals surface area contributed by atoms with Crippen molar-refractivity contribution in [3.05, 3.63) is 64.1 Å². The zero-order valence-corrected chi connectivity index (χ0v) is 11.7. The number of aliphatic hydroxyl groups excluding tert-OH is 1. The van der Waals surface area contributed by atoms with Gasteiger partial charge in [-0.25, -0.2) is 0 Å². The van der Waals surface area contributed by atoms with Crippen LogP contribution in [0.4, 0.5) is 0 Å². The first-order valence-electron chi connectivity index (χ1n) is 5.87. The van der Waals surface area contributed by atoms with E-state index >= 15 is 0 Å². The van der Waals surface area contributed by atoms with Crippen molar-refractivity contribution in [2.45, 2.75) is 13.0 Å². The van der Waals surface area contributed by atoms with Gasteiger partial charge in [-0.15, -0.1) is 0 Å². The molecule has 1 unspecified atom stereocenters. The van der Waals surface area contributed by atoms with Crippen molar-refractivity contribution in [2.24, 2.45) is 0 Å². The fourth-order valence-electron chi connectivity index (χ4n) is 1.82. The van der Waals surface area contributed by atoms with Crippen LogP contribution in [0.15, 0.2) is 53.0 Å². The maximum absolute atomic E-state index is 10.4. The third-order valence-electron chi connectivity index (χ3n) is 2.70. The van der Waals surface area contributed by atoms with Crippen molar-refractivity contribution in [2.75, 3.05) is 6.61 Å². The Kier molecular flexibility index (Phi) is 4.39. The molecule has 0 aliphatic carbocycles. The third-order valence-corrected chi connectivity index (χ3v) is 3.23. The van der Waals surface area contributed by atoms with E-state index in [1.165, 1.54) is 0 Å². The van der Waals surface area contributed by atoms with Crippen molar-refractivity contribution < 1.29 is 9.84 Å². The molecular weight excluding hydrogens is 292 g/mol. The van der Waals surface area contributed by atoms with Gasteiger partial charge in [-0.05, 0) is 30.7 Å². The van der Waals surface area contributed by atoms with Gasteiger partial charge >= 0.3 is 0 Å². The second kappa shape index (κ2) is 6.03. The Labute approximate surface area is 115 Å². The predicted molar refractivity (Wildman–Crippen MR) is 75.8 cm³/mol. The molecule has 0 saturated heterocycles. The Morgan fingerprint density at radius 2 is 1.78 bits per heavy atom. The van der Waals surface area contributed by atoms with Crippen LogP contribution >= 0.6 is 15.9 Å². The quantitative estimate of drug-likeness (QED) is 0.927. The summed E-state index contributed by atoms with van der Waals surface area (Å²) in [4.78, 5) is 0. The van der Waals surface area contributed by atoms with E-state index in [9.17, 15) is 5.11 Å². The molecule has 3 heteroatoms. The van der Waals surface area contributed by atoms with Crippen molar-refractivity contribution in [1.29, 1.82) is 0 Å². The Morgan fingerprint density at radius 3 is 2.44 bits per heavy atom. The van der Waals surface area contributed by atoms with Gasteiger partial charge in [-0.3, -0.25) is 0 Å². The Balaban J connectivity index is 2.33. The lowest BCUT2D eigenvalue weighted by molar-refractivity contribution is 0.212. The van der Waals surface area contributed by atoms with E-state index in [0.29, 0.717) is 6.61 Å². The van der Waals surface area contributed by atoms with Crippen LogP contribution in [0.2, 0.25) is 0 Å². The summed E-state index contributed by atoms with van der Waals surface area (Å²) < 4.78 is 6.53. The van der Waals surface area contributed by atoms with Crippen LogP contribution in [0.1, 0.15) is 24.2 Å². The van der Waals surface area contributed by atoms with Gasteiger partial charge in [-0.2, -0.15) is 0 Å². The van der Waals surface area contributed by atoms with Gasteiger partial charge in [0.05, 0.1) is 6.61 Å². The predicted octanol–water partition coefficient (Wildman–Crippen LogP) is 3.93. The normalized spacial score (nSPS) is 12.2. The summed E-state index contributed by atoms with van der Waals surface area (Å²) >= 11 is 3.38. The zero-order valence-electron chi connectivity index (χ0n) is 10.1. The average molecular weight is 307 g/mol. The van der Waals surface area contributed by atoms with Crippen LogP contribution in [0.25, 0.3) is 0 Å². The molecule has 0 fully saturated rings. The van der Waals surface area contributed by atoms with Gasteiger partial charge in [0.1, 0.15) is 11.9 Å². The summed E-state index contributed by atoms with van der Waals surface area (Å²) in [5, 5.41) is 10.4. The minimum Gasteiger partial charge on any atom is -0.493 e. The number of aliphatic hydroxyl groups is 1. The molecule has 18 heavy (non-hydrogen) atoms.